The second-order valence-electron chi connectivity index (χ2n) is 7.23. The van der Waals surface area contributed by atoms with Crippen LogP contribution < -0.4 is 15.0 Å². The molecule has 166 valence electrons. The van der Waals surface area contributed by atoms with Crippen LogP contribution in [0.1, 0.15) is 31.9 Å². The third-order valence-electron chi connectivity index (χ3n) is 5.07. The summed E-state index contributed by atoms with van der Waals surface area (Å²) in [6, 6.07) is 12.6. The molecule has 2 aromatic rings. The van der Waals surface area contributed by atoms with Crippen LogP contribution in [0.4, 0.5) is 5.69 Å². The fraction of sp³-hybridized carbons (Fsp3) is 0.273. The van der Waals surface area contributed by atoms with E-state index in [2.05, 4.69) is 10.4 Å². The van der Waals surface area contributed by atoms with Crippen molar-refractivity contribution in [3.8, 4) is 5.75 Å². The molecular formula is C22H21ClN4O4S. The van der Waals surface area contributed by atoms with Crippen molar-refractivity contribution in [2.45, 2.75) is 32.2 Å². The van der Waals surface area contributed by atoms with E-state index in [0.717, 1.165) is 22.3 Å². The molecule has 3 amide bonds. The highest BCUT2D eigenvalue weighted by Crippen LogP contribution is 2.56. The molecule has 2 aromatic carbocycles. The zero-order chi connectivity index (χ0) is 23.0. The van der Waals surface area contributed by atoms with Crippen molar-refractivity contribution >= 4 is 51.9 Å². The van der Waals surface area contributed by atoms with Gasteiger partial charge in [0, 0.05) is 25.0 Å². The van der Waals surface area contributed by atoms with Gasteiger partial charge in [-0.25, -0.2) is 0 Å². The van der Waals surface area contributed by atoms with Gasteiger partial charge in [-0.15, -0.1) is 5.10 Å². The van der Waals surface area contributed by atoms with Crippen LogP contribution >= 0.6 is 23.4 Å². The molecule has 32 heavy (non-hydrogen) atoms. The van der Waals surface area contributed by atoms with Crippen molar-refractivity contribution in [2.24, 2.45) is 5.10 Å². The maximum absolute atomic E-state index is 14.0. The van der Waals surface area contributed by atoms with Gasteiger partial charge in [-0.3, -0.25) is 14.4 Å². The predicted molar refractivity (Wildman–Crippen MR) is 123 cm³/mol. The molecule has 1 atom stereocenters. The Bertz CT molecular complexity index is 1150. The van der Waals surface area contributed by atoms with Crippen LogP contribution in [-0.2, 0) is 25.8 Å². The number of hydrogen-bond acceptors (Lipinski definition) is 6. The standard InChI is InChI=1S/C22H21ClN4O4S/c1-4-31-18-11-6-5-8-15(18)12-26-19-16(9-7-10-17(19)23)22(20(26)30)27(14(3)29)25-21(32-22)24-13(2)28/h5-11H,4,12H2,1-3H3,(H,24,25,28)/t22-/m0/s1. The number of benzene rings is 2. The Morgan fingerprint density at radius 2 is 1.94 bits per heavy atom. The fourth-order valence-electron chi connectivity index (χ4n) is 3.88. The lowest BCUT2D eigenvalue weighted by Crippen LogP contribution is -2.48. The minimum absolute atomic E-state index is 0.170. The molecule has 0 saturated carbocycles. The molecule has 0 saturated heterocycles. The van der Waals surface area contributed by atoms with Gasteiger partial charge < -0.3 is 15.0 Å². The second kappa shape index (κ2) is 8.48. The summed E-state index contributed by atoms with van der Waals surface area (Å²) < 4.78 is 5.73. The summed E-state index contributed by atoms with van der Waals surface area (Å²) in [5.41, 5.74) is 1.84. The van der Waals surface area contributed by atoms with E-state index < -0.39 is 10.8 Å². The van der Waals surface area contributed by atoms with Crippen molar-refractivity contribution in [2.75, 3.05) is 11.5 Å². The third-order valence-corrected chi connectivity index (χ3v) is 6.62. The number of ether oxygens (including phenoxy) is 1. The Morgan fingerprint density at radius 3 is 2.62 bits per heavy atom. The molecule has 8 nitrogen and oxygen atoms in total. The molecule has 0 aromatic heterocycles. The molecule has 0 aliphatic carbocycles. The molecule has 10 heteroatoms. The molecule has 0 radical (unpaired) electrons. The lowest BCUT2D eigenvalue weighted by atomic mass is 10.1. The zero-order valence-electron chi connectivity index (χ0n) is 17.7. The average molecular weight is 473 g/mol. The SMILES string of the molecule is CCOc1ccccc1CN1C(=O)[C@@]2(SC(NC(C)=O)=NN2C(C)=O)c2cccc(Cl)c21. The Balaban J connectivity index is 1.83. The number of thioether (sulfide) groups is 1. The largest absolute Gasteiger partial charge is 0.494 e. The average Bonchev–Trinajstić information content (AvgIpc) is 3.22. The number of amides is 3. The first-order valence-electron chi connectivity index (χ1n) is 9.97. The number of rotatable bonds is 4. The summed E-state index contributed by atoms with van der Waals surface area (Å²) in [5.74, 6) is -0.504. The van der Waals surface area contributed by atoms with E-state index in [1.165, 1.54) is 13.8 Å². The van der Waals surface area contributed by atoms with Gasteiger partial charge in [-0.1, -0.05) is 41.9 Å². The van der Waals surface area contributed by atoms with Gasteiger partial charge in [0.1, 0.15) is 5.75 Å². The first-order chi connectivity index (χ1) is 15.3. The number of carbonyl (C=O) groups excluding carboxylic acids is 3. The number of hydrogen-bond donors (Lipinski definition) is 1. The first kappa shape index (κ1) is 22.2. The Kier molecular flexibility index (Phi) is 5.87. The van der Waals surface area contributed by atoms with Gasteiger partial charge in [0.2, 0.25) is 16.7 Å². The molecule has 0 fully saturated rings. The number of halogens is 1. The lowest BCUT2D eigenvalue weighted by Gasteiger charge is -2.29. The highest BCUT2D eigenvalue weighted by molar-refractivity contribution is 8.15. The molecule has 1 spiro atoms. The van der Waals surface area contributed by atoms with Gasteiger partial charge in [-0.05, 0) is 30.8 Å². The number of hydrazone groups is 1. The summed E-state index contributed by atoms with van der Waals surface area (Å²) >= 11 is 7.58. The molecule has 2 aliphatic heterocycles. The van der Waals surface area contributed by atoms with Gasteiger partial charge in [0.25, 0.3) is 5.91 Å². The summed E-state index contributed by atoms with van der Waals surface area (Å²) in [6.45, 7) is 5.22. The Hall–Kier alpha value is -3.04. The summed E-state index contributed by atoms with van der Waals surface area (Å²) in [7, 11) is 0. The number of nitrogens with zero attached hydrogens (tertiary/aromatic N) is 3. The Labute approximate surface area is 194 Å². The van der Waals surface area contributed by atoms with E-state index in [9.17, 15) is 14.4 Å². The molecular weight excluding hydrogens is 452 g/mol. The molecule has 4 rings (SSSR count). The topological polar surface area (TPSA) is 91.3 Å². The molecule has 2 heterocycles. The van der Waals surface area contributed by atoms with Crippen LogP contribution in [0.15, 0.2) is 47.6 Å². The van der Waals surface area contributed by atoms with Gasteiger partial charge in [-0.2, -0.15) is 5.01 Å². The van der Waals surface area contributed by atoms with Crippen molar-refractivity contribution in [3.05, 3.63) is 58.6 Å². The Morgan fingerprint density at radius 1 is 1.19 bits per heavy atom. The lowest BCUT2D eigenvalue weighted by molar-refractivity contribution is -0.139. The summed E-state index contributed by atoms with van der Waals surface area (Å²) in [6.07, 6.45) is 0. The third kappa shape index (κ3) is 3.51. The number of anilines is 1. The van der Waals surface area contributed by atoms with Gasteiger partial charge in [0.15, 0.2) is 5.17 Å². The first-order valence-corrected chi connectivity index (χ1v) is 11.2. The van der Waals surface area contributed by atoms with Gasteiger partial charge in [0.05, 0.1) is 23.9 Å². The van der Waals surface area contributed by atoms with Crippen molar-refractivity contribution < 1.29 is 19.1 Å². The molecule has 0 unspecified atom stereocenters. The van der Waals surface area contributed by atoms with E-state index in [1.54, 1.807) is 23.1 Å². The summed E-state index contributed by atoms with van der Waals surface area (Å²) in [4.78, 5) is 38.2. The van der Waals surface area contributed by atoms with Crippen LogP contribution in [0.2, 0.25) is 5.02 Å². The minimum atomic E-state index is -1.50. The molecule has 1 N–H and O–H groups in total. The van der Waals surface area contributed by atoms with E-state index in [4.69, 9.17) is 16.3 Å². The van der Waals surface area contributed by atoms with E-state index in [1.807, 2.05) is 31.2 Å². The number of amidine groups is 1. The van der Waals surface area contributed by atoms with Crippen molar-refractivity contribution in [3.63, 3.8) is 0 Å². The highest BCUT2D eigenvalue weighted by atomic mass is 35.5. The zero-order valence-corrected chi connectivity index (χ0v) is 19.3. The maximum atomic E-state index is 14.0. The predicted octanol–water partition coefficient (Wildman–Crippen LogP) is 3.44. The highest BCUT2D eigenvalue weighted by Gasteiger charge is 2.61. The van der Waals surface area contributed by atoms with E-state index in [-0.39, 0.29) is 23.5 Å². The number of para-hydroxylation sites is 2. The van der Waals surface area contributed by atoms with Gasteiger partial charge >= 0.3 is 0 Å². The van der Waals surface area contributed by atoms with E-state index >= 15 is 0 Å². The quantitative estimate of drug-likeness (QED) is 0.736. The summed E-state index contributed by atoms with van der Waals surface area (Å²) in [5, 5.41) is 8.50. The monoisotopic (exact) mass is 472 g/mol. The molecule has 2 aliphatic rings. The van der Waals surface area contributed by atoms with Crippen LogP contribution in [0.3, 0.4) is 0 Å². The molecule has 0 bridgehead atoms. The van der Waals surface area contributed by atoms with Crippen LogP contribution in [0, 0.1) is 0 Å². The smallest absolute Gasteiger partial charge is 0.271 e. The minimum Gasteiger partial charge on any atom is -0.494 e. The normalized spacial score (nSPS) is 19.2. The van der Waals surface area contributed by atoms with Crippen LogP contribution in [0.5, 0.6) is 5.75 Å². The number of fused-ring (bicyclic) bond motifs is 2. The van der Waals surface area contributed by atoms with E-state index in [0.29, 0.717) is 28.6 Å². The van der Waals surface area contributed by atoms with Crippen LogP contribution in [0.25, 0.3) is 0 Å². The fourth-order valence-corrected chi connectivity index (χ4v) is 5.48. The number of carbonyl (C=O) groups is 3. The van der Waals surface area contributed by atoms with Crippen LogP contribution in [-0.4, -0.2) is 34.5 Å². The number of nitrogens with one attached hydrogen (secondary N) is 1. The second-order valence-corrected chi connectivity index (χ2v) is 8.82. The maximum Gasteiger partial charge on any atom is 0.271 e. The van der Waals surface area contributed by atoms with Crippen molar-refractivity contribution in [1.82, 2.24) is 10.3 Å². The van der Waals surface area contributed by atoms with Crippen molar-refractivity contribution in [1.29, 1.82) is 0 Å².